The number of nitrogens with zero attached hydrogens (tertiary/aromatic N) is 2. The predicted octanol–water partition coefficient (Wildman–Crippen LogP) is 4.03. The Morgan fingerprint density at radius 3 is 2.16 bits per heavy atom. The first-order chi connectivity index (χ1) is 14.8. The highest BCUT2D eigenvalue weighted by Crippen LogP contribution is 2.87. The Bertz CT molecular complexity index is 811. The summed E-state index contributed by atoms with van der Waals surface area (Å²) < 4.78 is 0. The van der Waals surface area contributed by atoms with Gasteiger partial charge in [-0.2, -0.15) is 0 Å². The highest BCUT2D eigenvalue weighted by molar-refractivity contribution is 5.37. The first-order valence-corrected chi connectivity index (χ1v) is 13.1. The molecule has 32 heavy (non-hydrogen) atoms. The molecule has 5 aliphatic carbocycles. The SMILES string of the molecule is CC([C@H]1[C@H](O)C[C@@]2(C)[C@@H]3C=C[C@H]4C(C)(CO)[C@@H](N(C)C)CC[C@@]45C[C@@]35CC[C@]12C)N(C)C. The van der Waals surface area contributed by atoms with Crippen molar-refractivity contribution in [2.75, 3.05) is 34.8 Å². The zero-order valence-corrected chi connectivity index (χ0v) is 21.9. The molecular formula is C28H48N2O2. The summed E-state index contributed by atoms with van der Waals surface area (Å²) >= 11 is 0. The van der Waals surface area contributed by atoms with E-state index in [1.807, 2.05) is 0 Å². The van der Waals surface area contributed by atoms with Crippen LogP contribution in [0.15, 0.2) is 12.2 Å². The van der Waals surface area contributed by atoms with Crippen molar-refractivity contribution in [3.63, 3.8) is 0 Å². The Kier molecular flexibility index (Phi) is 4.98. The molecule has 0 heterocycles. The van der Waals surface area contributed by atoms with Crippen molar-refractivity contribution in [3.8, 4) is 0 Å². The lowest BCUT2D eigenvalue weighted by atomic mass is 9.43. The summed E-state index contributed by atoms with van der Waals surface area (Å²) in [4.78, 5) is 4.67. The van der Waals surface area contributed by atoms with Crippen LogP contribution in [0.1, 0.15) is 66.2 Å². The number of fused-ring (bicyclic) bond motifs is 2. The molecule has 2 spiro atoms. The van der Waals surface area contributed by atoms with E-state index in [1.165, 1.54) is 32.1 Å². The molecule has 4 heteroatoms. The van der Waals surface area contributed by atoms with E-state index in [1.54, 1.807) is 0 Å². The molecule has 2 N–H and O–H groups in total. The number of hydrogen-bond donors (Lipinski definition) is 2. The van der Waals surface area contributed by atoms with Crippen molar-refractivity contribution in [2.24, 2.45) is 44.8 Å². The van der Waals surface area contributed by atoms with Crippen LogP contribution in [-0.4, -0.2) is 73.0 Å². The molecule has 4 fully saturated rings. The molecule has 0 aromatic carbocycles. The van der Waals surface area contributed by atoms with Gasteiger partial charge in [0, 0.05) is 23.4 Å². The minimum Gasteiger partial charge on any atom is -0.396 e. The number of aliphatic hydroxyl groups excluding tert-OH is 2. The van der Waals surface area contributed by atoms with Crippen LogP contribution in [0.4, 0.5) is 0 Å². The molecule has 5 rings (SSSR count). The second-order valence-electron chi connectivity index (χ2n) is 13.8. The maximum Gasteiger partial charge on any atom is 0.0594 e. The van der Waals surface area contributed by atoms with Gasteiger partial charge in [-0.3, -0.25) is 0 Å². The van der Waals surface area contributed by atoms with Crippen LogP contribution in [0.3, 0.4) is 0 Å². The zero-order valence-electron chi connectivity index (χ0n) is 21.9. The van der Waals surface area contributed by atoms with Crippen molar-refractivity contribution >= 4 is 0 Å². The van der Waals surface area contributed by atoms with Crippen molar-refractivity contribution in [1.29, 1.82) is 0 Å². The summed E-state index contributed by atoms with van der Waals surface area (Å²) in [5, 5.41) is 22.1. The molecule has 0 aliphatic heterocycles. The topological polar surface area (TPSA) is 46.9 Å². The maximum absolute atomic E-state index is 11.4. The third-order valence-corrected chi connectivity index (χ3v) is 12.7. The normalized spacial score (nSPS) is 57.1. The van der Waals surface area contributed by atoms with Gasteiger partial charge in [0.05, 0.1) is 12.7 Å². The lowest BCUT2D eigenvalue weighted by Crippen LogP contribution is -2.60. The van der Waals surface area contributed by atoms with Crippen molar-refractivity contribution < 1.29 is 10.2 Å². The van der Waals surface area contributed by atoms with Gasteiger partial charge < -0.3 is 20.0 Å². The summed E-state index contributed by atoms with van der Waals surface area (Å²) in [6.07, 6.45) is 12.2. The molecule has 0 saturated heterocycles. The summed E-state index contributed by atoms with van der Waals surface area (Å²) in [7, 11) is 8.71. The van der Waals surface area contributed by atoms with E-state index in [-0.39, 0.29) is 29.0 Å². The summed E-state index contributed by atoms with van der Waals surface area (Å²) in [5.74, 6) is 1.35. The Morgan fingerprint density at radius 2 is 1.56 bits per heavy atom. The van der Waals surface area contributed by atoms with Crippen molar-refractivity contribution in [2.45, 2.75) is 84.4 Å². The van der Waals surface area contributed by atoms with Gasteiger partial charge in [0.2, 0.25) is 0 Å². The van der Waals surface area contributed by atoms with Crippen LogP contribution in [0.2, 0.25) is 0 Å². The lowest BCUT2D eigenvalue weighted by Gasteiger charge is -2.62. The number of hydrogen-bond acceptors (Lipinski definition) is 4. The van der Waals surface area contributed by atoms with Gasteiger partial charge >= 0.3 is 0 Å². The molecule has 0 radical (unpaired) electrons. The smallest absolute Gasteiger partial charge is 0.0594 e. The van der Waals surface area contributed by atoms with Crippen LogP contribution in [-0.2, 0) is 0 Å². The Labute approximate surface area is 196 Å². The highest BCUT2D eigenvalue weighted by atomic mass is 16.3. The fraction of sp³-hybridized carbons (Fsp3) is 0.929. The molecule has 5 aliphatic rings. The van der Waals surface area contributed by atoms with Crippen LogP contribution in [0, 0.1) is 44.8 Å². The van der Waals surface area contributed by atoms with Gasteiger partial charge in [-0.15, -0.1) is 0 Å². The largest absolute Gasteiger partial charge is 0.396 e. The zero-order chi connectivity index (χ0) is 23.5. The van der Waals surface area contributed by atoms with E-state index in [2.05, 4.69) is 77.8 Å². The number of aliphatic hydroxyl groups is 2. The first kappa shape index (κ1) is 23.3. The van der Waals surface area contributed by atoms with E-state index in [0.717, 1.165) is 6.42 Å². The molecule has 4 nitrogen and oxygen atoms in total. The van der Waals surface area contributed by atoms with E-state index >= 15 is 0 Å². The molecule has 182 valence electrons. The number of rotatable bonds is 4. The van der Waals surface area contributed by atoms with E-state index in [9.17, 15) is 10.2 Å². The van der Waals surface area contributed by atoms with Crippen molar-refractivity contribution in [1.82, 2.24) is 9.80 Å². The molecule has 0 amide bonds. The van der Waals surface area contributed by atoms with E-state index in [4.69, 9.17) is 0 Å². The average Bonchev–Trinajstić information content (AvgIpc) is 3.32. The molecule has 4 saturated carbocycles. The molecule has 0 bridgehead atoms. The standard InChI is InChI=1S/C28H48N2O2/c1-18(29(5)6)23-19(32)15-26(4)21-10-9-20-24(2,17-31)22(30(7)8)11-12-27(20)16-28(21,27)14-13-25(23,26)3/h9-10,18-23,31-32H,11-17H2,1-8H3/t18?,19-,20+,21+,22+,23+,24?,25-,26+,27-,28+/m1/s1. The number of allylic oxidation sites excluding steroid dienone is 2. The maximum atomic E-state index is 11.4. The fourth-order valence-electron chi connectivity index (χ4n) is 10.8. The minimum absolute atomic E-state index is 0.0778. The quantitative estimate of drug-likeness (QED) is 0.643. The van der Waals surface area contributed by atoms with Crippen LogP contribution >= 0.6 is 0 Å². The van der Waals surface area contributed by atoms with Crippen LogP contribution in [0.5, 0.6) is 0 Å². The van der Waals surface area contributed by atoms with Crippen LogP contribution < -0.4 is 0 Å². The highest BCUT2D eigenvalue weighted by Gasteiger charge is 2.82. The molecule has 11 atom stereocenters. The van der Waals surface area contributed by atoms with Gasteiger partial charge in [-0.05, 0) is 107 Å². The third-order valence-electron chi connectivity index (χ3n) is 12.7. The van der Waals surface area contributed by atoms with Gasteiger partial charge in [0.1, 0.15) is 0 Å². The third kappa shape index (κ3) is 2.44. The summed E-state index contributed by atoms with van der Waals surface area (Å²) in [6.45, 7) is 9.97. The van der Waals surface area contributed by atoms with Gasteiger partial charge in [-0.1, -0.05) is 32.9 Å². The molecular weight excluding hydrogens is 396 g/mol. The Hall–Kier alpha value is -0.420. The predicted molar refractivity (Wildman–Crippen MR) is 130 cm³/mol. The summed E-state index contributed by atoms with van der Waals surface area (Å²) in [5.41, 5.74) is 0.958. The molecule has 2 unspecified atom stereocenters. The second kappa shape index (κ2) is 6.83. The average molecular weight is 445 g/mol. The second-order valence-corrected chi connectivity index (χ2v) is 13.8. The summed E-state index contributed by atoms with van der Waals surface area (Å²) in [6, 6.07) is 0.817. The Balaban J connectivity index is 1.56. The molecule has 0 aromatic rings. The van der Waals surface area contributed by atoms with E-state index < -0.39 is 0 Å². The van der Waals surface area contributed by atoms with Gasteiger partial charge in [0.15, 0.2) is 0 Å². The Morgan fingerprint density at radius 1 is 0.938 bits per heavy atom. The van der Waals surface area contributed by atoms with E-state index in [0.29, 0.717) is 40.7 Å². The molecule has 0 aromatic heterocycles. The lowest BCUT2D eigenvalue weighted by molar-refractivity contribution is -0.119. The fourth-order valence-corrected chi connectivity index (χ4v) is 10.8. The van der Waals surface area contributed by atoms with Gasteiger partial charge in [0.25, 0.3) is 0 Å². The first-order valence-electron chi connectivity index (χ1n) is 13.1. The monoisotopic (exact) mass is 444 g/mol. The minimum atomic E-state index is -0.217. The van der Waals surface area contributed by atoms with Crippen molar-refractivity contribution in [3.05, 3.63) is 12.2 Å². The van der Waals surface area contributed by atoms with Crippen LogP contribution in [0.25, 0.3) is 0 Å². The van der Waals surface area contributed by atoms with Gasteiger partial charge in [-0.25, -0.2) is 0 Å².